The van der Waals surface area contributed by atoms with Crippen LogP contribution in [0.4, 0.5) is 0 Å². The topological polar surface area (TPSA) is 49.6 Å². The lowest BCUT2D eigenvalue weighted by molar-refractivity contribution is -0.132. The summed E-state index contributed by atoms with van der Waals surface area (Å²) in [6.45, 7) is 7.58. The predicted octanol–water partition coefficient (Wildman–Crippen LogP) is 1.06. The van der Waals surface area contributed by atoms with Crippen LogP contribution in [-0.4, -0.2) is 54.5 Å². The average Bonchev–Trinajstić information content (AvgIpc) is 2.82. The van der Waals surface area contributed by atoms with Crippen molar-refractivity contribution in [2.45, 2.75) is 45.1 Å². The Morgan fingerprint density at radius 2 is 1.83 bits per heavy atom. The van der Waals surface area contributed by atoms with E-state index in [1.54, 1.807) is 0 Å². The molecule has 4 nitrogen and oxygen atoms in total. The van der Waals surface area contributed by atoms with Gasteiger partial charge in [0.15, 0.2) is 0 Å². The smallest absolute Gasteiger partial charge is 0.224 e. The van der Waals surface area contributed by atoms with E-state index in [1.165, 1.54) is 45.3 Å². The van der Waals surface area contributed by atoms with Gasteiger partial charge in [-0.3, -0.25) is 4.79 Å². The molecule has 1 atom stereocenters. The summed E-state index contributed by atoms with van der Waals surface area (Å²) in [5.41, 5.74) is 5.68. The van der Waals surface area contributed by atoms with E-state index in [0.717, 1.165) is 19.0 Å². The van der Waals surface area contributed by atoms with E-state index in [4.69, 9.17) is 5.73 Å². The fraction of sp³-hybridized carbons (Fsp3) is 0.929. The highest BCUT2D eigenvalue weighted by atomic mass is 16.2. The summed E-state index contributed by atoms with van der Waals surface area (Å²) in [5, 5.41) is 0. The molecule has 2 aliphatic rings. The standard InChI is InChI=1S/C14H27N3O/c1-12(15)10-14(18)17-8-4-13(5-9-17)11-16-6-2-3-7-16/h12-13H,2-11,15H2,1H3. The van der Waals surface area contributed by atoms with Gasteiger partial charge in [0, 0.05) is 32.1 Å². The molecule has 2 saturated heterocycles. The molecule has 18 heavy (non-hydrogen) atoms. The molecule has 2 N–H and O–H groups in total. The molecule has 104 valence electrons. The van der Waals surface area contributed by atoms with Crippen molar-refractivity contribution in [3.63, 3.8) is 0 Å². The Morgan fingerprint density at radius 3 is 2.39 bits per heavy atom. The minimum atomic E-state index is -0.0141. The van der Waals surface area contributed by atoms with Crippen molar-refractivity contribution < 1.29 is 4.79 Å². The lowest BCUT2D eigenvalue weighted by atomic mass is 9.96. The van der Waals surface area contributed by atoms with E-state index in [0.29, 0.717) is 6.42 Å². The maximum Gasteiger partial charge on any atom is 0.224 e. The summed E-state index contributed by atoms with van der Waals surface area (Å²) in [7, 11) is 0. The summed E-state index contributed by atoms with van der Waals surface area (Å²) in [6.07, 6.45) is 5.57. The number of carbonyl (C=O) groups is 1. The van der Waals surface area contributed by atoms with Crippen molar-refractivity contribution in [1.82, 2.24) is 9.80 Å². The Morgan fingerprint density at radius 1 is 1.22 bits per heavy atom. The first-order chi connectivity index (χ1) is 8.65. The Balaban J connectivity index is 1.68. The second-order valence-corrected chi connectivity index (χ2v) is 6.01. The number of amides is 1. The van der Waals surface area contributed by atoms with E-state index in [-0.39, 0.29) is 11.9 Å². The van der Waals surface area contributed by atoms with Crippen molar-refractivity contribution in [2.75, 3.05) is 32.7 Å². The van der Waals surface area contributed by atoms with E-state index >= 15 is 0 Å². The van der Waals surface area contributed by atoms with Crippen LogP contribution >= 0.6 is 0 Å². The molecule has 2 rings (SSSR count). The number of nitrogens with two attached hydrogens (primary N) is 1. The van der Waals surface area contributed by atoms with Crippen LogP contribution in [0.1, 0.15) is 39.0 Å². The molecule has 0 spiro atoms. The van der Waals surface area contributed by atoms with E-state index in [1.807, 2.05) is 11.8 Å². The molecular weight excluding hydrogens is 226 g/mol. The number of rotatable bonds is 4. The summed E-state index contributed by atoms with van der Waals surface area (Å²) in [5.74, 6) is 1.03. The molecule has 2 fully saturated rings. The van der Waals surface area contributed by atoms with Gasteiger partial charge in [0.1, 0.15) is 0 Å². The number of likely N-dealkylation sites (tertiary alicyclic amines) is 2. The number of hydrogen-bond donors (Lipinski definition) is 1. The maximum absolute atomic E-state index is 11.9. The van der Waals surface area contributed by atoms with Gasteiger partial charge >= 0.3 is 0 Å². The van der Waals surface area contributed by atoms with Gasteiger partial charge in [-0.05, 0) is 51.6 Å². The van der Waals surface area contributed by atoms with E-state index < -0.39 is 0 Å². The van der Waals surface area contributed by atoms with Crippen LogP contribution in [0.25, 0.3) is 0 Å². The normalized spacial score (nSPS) is 24.4. The molecule has 0 bridgehead atoms. The first kappa shape index (κ1) is 13.8. The Hall–Kier alpha value is -0.610. The number of nitrogens with zero attached hydrogens (tertiary/aromatic N) is 2. The zero-order valence-electron chi connectivity index (χ0n) is 11.6. The molecule has 0 aromatic carbocycles. The van der Waals surface area contributed by atoms with Crippen molar-refractivity contribution in [3.8, 4) is 0 Å². The minimum Gasteiger partial charge on any atom is -0.343 e. The fourth-order valence-electron chi connectivity index (χ4n) is 3.10. The second kappa shape index (κ2) is 6.53. The van der Waals surface area contributed by atoms with E-state index in [9.17, 15) is 4.79 Å². The van der Waals surface area contributed by atoms with Crippen LogP contribution in [0.2, 0.25) is 0 Å². The van der Waals surface area contributed by atoms with Gasteiger partial charge < -0.3 is 15.5 Å². The third-order valence-corrected chi connectivity index (χ3v) is 4.18. The quantitative estimate of drug-likeness (QED) is 0.815. The van der Waals surface area contributed by atoms with Gasteiger partial charge in [0.25, 0.3) is 0 Å². The van der Waals surface area contributed by atoms with Crippen molar-refractivity contribution in [3.05, 3.63) is 0 Å². The molecule has 0 aromatic heterocycles. The molecule has 2 heterocycles. The van der Waals surface area contributed by atoms with Crippen molar-refractivity contribution >= 4 is 5.91 Å². The van der Waals surface area contributed by atoms with Crippen LogP contribution < -0.4 is 5.73 Å². The van der Waals surface area contributed by atoms with Crippen LogP contribution in [0.5, 0.6) is 0 Å². The van der Waals surface area contributed by atoms with Crippen molar-refractivity contribution in [2.24, 2.45) is 11.7 Å². The third kappa shape index (κ3) is 3.95. The minimum absolute atomic E-state index is 0.0141. The van der Waals surface area contributed by atoms with Crippen LogP contribution in [0.3, 0.4) is 0 Å². The number of carbonyl (C=O) groups excluding carboxylic acids is 1. The van der Waals surface area contributed by atoms with Crippen LogP contribution in [-0.2, 0) is 4.79 Å². The largest absolute Gasteiger partial charge is 0.343 e. The van der Waals surface area contributed by atoms with Crippen LogP contribution in [0, 0.1) is 5.92 Å². The fourth-order valence-corrected chi connectivity index (χ4v) is 3.10. The molecule has 4 heteroatoms. The molecule has 0 saturated carbocycles. The van der Waals surface area contributed by atoms with Gasteiger partial charge in [0.2, 0.25) is 5.91 Å². The van der Waals surface area contributed by atoms with E-state index in [2.05, 4.69) is 4.90 Å². The molecule has 2 aliphatic heterocycles. The second-order valence-electron chi connectivity index (χ2n) is 6.01. The number of piperidine rings is 1. The molecule has 0 radical (unpaired) electrons. The monoisotopic (exact) mass is 253 g/mol. The molecule has 1 amide bonds. The summed E-state index contributed by atoms with van der Waals surface area (Å²) in [6, 6.07) is -0.0141. The highest BCUT2D eigenvalue weighted by molar-refractivity contribution is 5.76. The van der Waals surface area contributed by atoms with Crippen molar-refractivity contribution in [1.29, 1.82) is 0 Å². The van der Waals surface area contributed by atoms with Gasteiger partial charge in [-0.1, -0.05) is 0 Å². The van der Waals surface area contributed by atoms with Crippen LogP contribution in [0.15, 0.2) is 0 Å². The van der Waals surface area contributed by atoms with Gasteiger partial charge in [-0.25, -0.2) is 0 Å². The zero-order valence-corrected chi connectivity index (χ0v) is 11.6. The van der Waals surface area contributed by atoms with Gasteiger partial charge in [0.05, 0.1) is 0 Å². The number of hydrogen-bond acceptors (Lipinski definition) is 3. The third-order valence-electron chi connectivity index (χ3n) is 4.18. The highest BCUT2D eigenvalue weighted by Crippen LogP contribution is 2.21. The van der Waals surface area contributed by atoms with Gasteiger partial charge in [-0.2, -0.15) is 0 Å². The highest BCUT2D eigenvalue weighted by Gasteiger charge is 2.25. The zero-order chi connectivity index (χ0) is 13.0. The molecule has 0 aromatic rings. The lowest BCUT2D eigenvalue weighted by Crippen LogP contribution is -2.42. The maximum atomic E-state index is 11.9. The predicted molar refractivity (Wildman–Crippen MR) is 73.2 cm³/mol. The first-order valence-corrected chi connectivity index (χ1v) is 7.41. The molecular formula is C14H27N3O. The average molecular weight is 253 g/mol. The Kier molecular flexibility index (Phi) is 5.01. The first-order valence-electron chi connectivity index (χ1n) is 7.41. The lowest BCUT2D eigenvalue weighted by Gasteiger charge is -2.34. The Bertz CT molecular complexity index is 266. The van der Waals surface area contributed by atoms with Gasteiger partial charge in [-0.15, -0.1) is 0 Å². The summed E-state index contributed by atoms with van der Waals surface area (Å²) >= 11 is 0. The molecule has 1 unspecified atom stereocenters. The summed E-state index contributed by atoms with van der Waals surface area (Å²) < 4.78 is 0. The molecule has 0 aliphatic carbocycles. The Labute approximate surface area is 110 Å². The summed E-state index contributed by atoms with van der Waals surface area (Å²) in [4.78, 5) is 16.5. The SMILES string of the molecule is CC(N)CC(=O)N1CCC(CN2CCCC2)CC1.